The van der Waals surface area contributed by atoms with Crippen LogP contribution in [0.15, 0.2) is 58.6 Å². The van der Waals surface area contributed by atoms with Crippen molar-refractivity contribution >= 4 is 33.2 Å². The molecular weight excluding hydrogens is 392 g/mol. The fraction of sp³-hybridized carbons (Fsp3) is 0.176. The van der Waals surface area contributed by atoms with Gasteiger partial charge in [0.1, 0.15) is 0 Å². The van der Waals surface area contributed by atoms with Gasteiger partial charge in [-0.05, 0) is 31.2 Å². The van der Waals surface area contributed by atoms with Gasteiger partial charge in [0.05, 0.1) is 10.6 Å². The van der Waals surface area contributed by atoms with E-state index in [1.165, 1.54) is 28.6 Å². The van der Waals surface area contributed by atoms with Crippen molar-refractivity contribution in [3.8, 4) is 11.4 Å². The number of sulfone groups is 1. The highest BCUT2D eigenvalue weighted by Crippen LogP contribution is 2.23. The molecule has 0 bridgehead atoms. The van der Waals surface area contributed by atoms with Gasteiger partial charge in [-0.25, -0.2) is 13.1 Å². The third-order valence-corrected chi connectivity index (χ3v) is 6.92. The predicted octanol–water partition coefficient (Wildman–Crippen LogP) is 3.19. The summed E-state index contributed by atoms with van der Waals surface area (Å²) in [5, 5.41) is 9.12. The van der Waals surface area contributed by atoms with E-state index >= 15 is 0 Å². The van der Waals surface area contributed by atoms with Crippen molar-refractivity contribution in [3.05, 3.63) is 59.1 Å². The second-order valence-electron chi connectivity index (χ2n) is 5.66. The highest BCUT2D eigenvalue weighted by molar-refractivity contribution is 8.00. The number of halogens is 1. The largest absolute Gasteiger partial charge is 0.335 e. The fourth-order valence-corrected chi connectivity index (χ4v) is 4.91. The van der Waals surface area contributed by atoms with E-state index in [0.717, 1.165) is 11.1 Å². The van der Waals surface area contributed by atoms with Crippen molar-refractivity contribution in [2.45, 2.75) is 17.0 Å². The van der Waals surface area contributed by atoms with E-state index in [1.54, 1.807) is 12.1 Å². The molecule has 0 radical (unpaired) electrons. The van der Waals surface area contributed by atoms with E-state index in [-0.39, 0.29) is 10.6 Å². The molecular formula is C17H17ClN4O2S2. The summed E-state index contributed by atoms with van der Waals surface area (Å²) in [6.07, 6.45) is 0. The molecule has 0 atom stereocenters. The molecule has 0 aliphatic heterocycles. The second kappa shape index (κ2) is 7.69. The Hall–Kier alpha value is -2.03. The number of aromatic nitrogens is 3. The molecule has 26 heavy (non-hydrogen) atoms. The summed E-state index contributed by atoms with van der Waals surface area (Å²) >= 11 is 7.04. The first-order valence-corrected chi connectivity index (χ1v) is 10.8. The maximum atomic E-state index is 12.3. The third-order valence-electron chi connectivity index (χ3n) is 3.73. The first-order chi connectivity index (χ1) is 12.4. The molecule has 1 aromatic heterocycles. The van der Waals surface area contributed by atoms with Gasteiger partial charge >= 0.3 is 0 Å². The summed E-state index contributed by atoms with van der Waals surface area (Å²) in [6, 6.07) is 13.9. The van der Waals surface area contributed by atoms with Gasteiger partial charge in [-0.1, -0.05) is 53.2 Å². The van der Waals surface area contributed by atoms with Crippen molar-refractivity contribution < 1.29 is 8.42 Å². The quantitative estimate of drug-likeness (QED) is 0.497. The van der Waals surface area contributed by atoms with Crippen LogP contribution in [0, 0.1) is 6.92 Å². The summed E-state index contributed by atoms with van der Waals surface area (Å²) < 4.78 is 26.1. The number of rotatable bonds is 6. The standard InChI is InChI=1S/C17H17ClN4O2S2/c1-12-2-4-13(5-3-12)16-20-21-17(22(16)19)25-10-11-26(23,24)15-8-6-14(18)7-9-15/h2-9H,10-11,19H2,1H3. The lowest BCUT2D eigenvalue weighted by molar-refractivity contribution is 0.597. The van der Waals surface area contributed by atoms with Gasteiger partial charge in [-0.15, -0.1) is 10.2 Å². The fourth-order valence-electron chi connectivity index (χ4n) is 2.28. The summed E-state index contributed by atoms with van der Waals surface area (Å²) in [5.74, 6) is 6.87. The van der Waals surface area contributed by atoms with E-state index < -0.39 is 9.84 Å². The van der Waals surface area contributed by atoms with E-state index in [4.69, 9.17) is 17.4 Å². The Labute approximate surface area is 161 Å². The molecule has 9 heteroatoms. The SMILES string of the molecule is Cc1ccc(-c2nnc(SCCS(=O)(=O)c3ccc(Cl)cc3)n2N)cc1. The first kappa shape index (κ1) is 18.8. The number of nitrogens with two attached hydrogens (primary N) is 1. The van der Waals surface area contributed by atoms with Crippen molar-refractivity contribution in [2.75, 3.05) is 17.3 Å². The van der Waals surface area contributed by atoms with Crippen LogP contribution in [0.2, 0.25) is 5.02 Å². The van der Waals surface area contributed by atoms with Gasteiger partial charge in [0, 0.05) is 16.3 Å². The van der Waals surface area contributed by atoms with E-state index in [0.29, 0.717) is 21.8 Å². The number of hydrogen-bond donors (Lipinski definition) is 1. The molecule has 6 nitrogen and oxygen atoms in total. The van der Waals surface area contributed by atoms with Crippen molar-refractivity contribution in [1.82, 2.24) is 14.9 Å². The Morgan fingerprint density at radius 3 is 2.38 bits per heavy atom. The van der Waals surface area contributed by atoms with Gasteiger partial charge in [0.25, 0.3) is 0 Å². The summed E-state index contributed by atoms with van der Waals surface area (Å²) in [6.45, 7) is 2.00. The number of nitrogens with zero attached hydrogens (tertiary/aromatic N) is 3. The molecule has 136 valence electrons. The molecule has 0 aliphatic carbocycles. The second-order valence-corrected chi connectivity index (χ2v) is 9.27. The molecule has 0 unspecified atom stereocenters. The average Bonchev–Trinajstić information content (AvgIpc) is 2.97. The smallest absolute Gasteiger partial charge is 0.210 e. The molecule has 3 aromatic rings. The van der Waals surface area contributed by atoms with Crippen LogP contribution in [0.5, 0.6) is 0 Å². The van der Waals surface area contributed by atoms with Crippen LogP contribution in [0.25, 0.3) is 11.4 Å². The normalized spacial score (nSPS) is 11.6. The van der Waals surface area contributed by atoms with Crippen LogP contribution in [0.3, 0.4) is 0 Å². The van der Waals surface area contributed by atoms with E-state index in [9.17, 15) is 8.42 Å². The Balaban J connectivity index is 1.67. The zero-order valence-electron chi connectivity index (χ0n) is 14.0. The van der Waals surface area contributed by atoms with E-state index in [2.05, 4.69) is 10.2 Å². The Bertz CT molecular complexity index is 1000. The Morgan fingerprint density at radius 1 is 1.08 bits per heavy atom. The number of thioether (sulfide) groups is 1. The maximum absolute atomic E-state index is 12.3. The van der Waals surface area contributed by atoms with Crippen LogP contribution in [-0.2, 0) is 9.84 Å². The summed E-state index contributed by atoms with van der Waals surface area (Å²) in [7, 11) is -3.39. The van der Waals surface area contributed by atoms with Gasteiger partial charge in [0.2, 0.25) is 5.16 Å². The van der Waals surface area contributed by atoms with E-state index in [1.807, 2.05) is 31.2 Å². The highest BCUT2D eigenvalue weighted by Gasteiger charge is 2.17. The van der Waals surface area contributed by atoms with Crippen LogP contribution in [0.1, 0.15) is 5.56 Å². The number of benzene rings is 2. The highest BCUT2D eigenvalue weighted by atomic mass is 35.5. The predicted molar refractivity (Wildman–Crippen MR) is 105 cm³/mol. The lowest BCUT2D eigenvalue weighted by Gasteiger charge is -2.05. The zero-order valence-corrected chi connectivity index (χ0v) is 16.4. The van der Waals surface area contributed by atoms with Crippen LogP contribution >= 0.6 is 23.4 Å². The van der Waals surface area contributed by atoms with Crippen molar-refractivity contribution in [3.63, 3.8) is 0 Å². The molecule has 1 heterocycles. The maximum Gasteiger partial charge on any atom is 0.210 e. The van der Waals surface area contributed by atoms with Crippen LogP contribution in [-0.4, -0.2) is 34.8 Å². The topological polar surface area (TPSA) is 90.9 Å². The van der Waals surface area contributed by atoms with Gasteiger partial charge in [-0.3, -0.25) is 0 Å². The lowest BCUT2D eigenvalue weighted by Crippen LogP contribution is -2.13. The number of aryl methyl sites for hydroxylation is 1. The molecule has 0 amide bonds. The monoisotopic (exact) mass is 408 g/mol. The number of nitrogen functional groups attached to an aromatic ring is 1. The van der Waals surface area contributed by atoms with Gasteiger partial charge in [-0.2, -0.15) is 0 Å². The van der Waals surface area contributed by atoms with Crippen molar-refractivity contribution in [2.24, 2.45) is 0 Å². The zero-order chi connectivity index (χ0) is 18.7. The number of hydrogen-bond acceptors (Lipinski definition) is 6. The molecule has 0 spiro atoms. The first-order valence-electron chi connectivity index (χ1n) is 7.75. The Kier molecular flexibility index (Phi) is 5.55. The van der Waals surface area contributed by atoms with Crippen LogP contribution in [0.4, 0.5) is 0 Å². The molecule has 2 aromatic carbocycles. The molecule has 0 saturated heterocycles. The molecule has 0 fully saturated rings. The molecule has 0 saturated carbocycles. The molecule has 2 N–H and O–H groups in total. The lowest BCUT2D eigenvalue weighted by atomic mass is 10.1. The minimum atomic E-state index is -3.39. The van der Waals surface area contributed by atoms with Crippen LogP contribution < -0.4 is 5.84 Å². The third kappa shape index (κ3) is 4.20. The van der Waals surface area contributed by atoms with Gasteiger partial charge in [0.15, 0.2) is 15.7 Å². The molecule has 3 rings (SSSR count). The van der Waals surface area contributed by atoms with Gasteiger partial charge < -0.3 is 5.84 Å². The average molecular weight is 409 g/mol. The summed E-state index contributed by atoms with van der Waals surface area (Å²) in [5.41, 5.74) is 1.99. The van der Waals surface area contributed by atoms with Crippen molar-refractivity contribution in [1.29, 1.82) is 0 Å². The summed E-state index contributed by atoms with van der Waals surface area (Å²) in [4.78, 5) is 0.247. The Morgan fingerprint density at radius 2 is 1.73 bits per heavy atom. The minimum Gasteiger partial charge on any atom is -0.335 e. The minimum absolute atomic E-state index is 0.0357. The molecule has 0 aliphatic rings.